The third-order valence-electron chi connectivity index (χ3n) is 3.85. The molecule has 3 rings (SSSR count). The minimum Gasteiger partial charge on any atom is -0.870 e. The van der Waals surface area contributed by atoms with Crippen LogP contribution in [0.25, 0.3) is 5.76 Å². The lowest BCUT2D eigenvalue weighted by Crippen LogP contribution is -2.47. The standard InChI is InChI=1S/C17H17N3O3/c1-18(12-8-4-3-5-9-12)17(22)15-16(21)13-10-6-7-11-14(13)19(2)20(15)23/h3-11,21,23H,1-2H3/p-1. The summed E-state index contributed by atoms with van der Waals surface area (Å²) in [5.74, 6) is -1.08. The molecular formula is C17H16N3O3-. The molecule has 1 aliphatic rings. The van der Waals surface area contributed by atoms with Gasteiger partial charge in [0, 0.05) is 19.8 Å². The number of fused-ring (bicyclic) bond motifs is 1. The number of para-hydroxylation sites is 2. The fraction of sp³-hybridized carbons (Fsp3) is 0.118. The van der Waals surface area contributed by atoms with E-state index in [1.165, 1.54) is 9.91 Å². The molecule has 6 nitrogen and oxygen atoms in total. The number of hydrazine groups is 1. The number of benzene rings is 2. The molecule has 0 saturated heterocycles. The summed E-state index contributed by atoms with van der Waals surface area (Å²) < 4.78 is 0. The molecule has 6 heteroatoms. The highest BCUT2D eigenvalue weighted by molar-refractivity contribution is 6.09. The van der Waals surface area contributed by atoms with Gasteiger partial charge in [-0.15, -0.1) is 0 Å². The third-order valence-corrected chi connectivity index (χ3v) is 3.85. The van der Waals surface area contributed by atoms with Crippen molar-refractivity contribution in [2.45, 2.75) is 0 Å². The van der Waals surface area contributed by atoms with Crippen LogP contribution in [0.5, 0.6) is 0 Å². The van der Waals surface area contributed by atoms with Gasteiger partial charge in [0.05, 0.1) is 5.69 Å². The molecule has 1 N–H and O–H groups in total. The second-order valence-electron chi connectivity index (χ2n) is 5.21. The molecule has 0 spiro atoms. The van der Waals surface area contributed by atoms with Crippen molar-refractivity contribution in [1.29, 1.82) is 0 Å². The molecule has 0 bridgehead atoms. The molecule has 1 amide bonds. The lowest BCUT2D eigenvalue weighted by atomic mass is 10.1. The van der Waals surface area contributed by atoms with Crippen LogP contribution in [-0.4, -0.2) is 30.4 Å². The Balaban J connectivity index is 2.06. The van der Waals surface area contributed by atoms with Crippen molar-refractivity contribution in [3.8, 4) is 0 Å². The van der Waals surface area contributed by atoms with Crippen molar-refractivity contribution < 1.29 is 15.1 Å². The molecule has 0 unspecified atom stereocenters. The van der Waals surface area contributed by atoms with Gasteiger partial charge >= 0.3 is 0 Å². The van der Waals surface area contributed by atoms with Gasteiger partial charge in [-0.2, -0.15) is 5.17 Å². The van der Waals surface area contributed by atoms with Crippen molar-refractivity contribution in [2.75, 3.05) is 24.0 Å². The molecule has 0 aromatic heterocycles. The maximum Gasteiger partial charge on any atom is 0.278 e. The molecule has 23 heavy (non-hydrogen) atoms. The van der Waals surface area contributed by atoms with Gasteiger partial charge in [-0.05, 0) is 23.8 Å². The summed E-state index contributed by atoms with van der Waals surface area (Å²) >= 11 is 0. The van der Waals surface area contributed by atoms with E-state index in [9.17, 15) is 15.1 Å². The van der Waals surface area contributed by atoms with Crippen LogP contribution in [0, 0.1) is 0 Å². The van der Waals surface area contributed by atoms with E-state index in [-0.39, 0.29) is 5.70 Å². The van der Waals surface area contributed by atoms with Gasteiger partial charge in [-0.1, -0.05) is 42.2 Å². The SMILES string of the molecule is CN(C(=O)C1=C([O-])c2ccccc2N(C)N1O)c1ccccc1. The van der Waals surface area contributed by atoms with E-state index < -0.39 is 11.7 Å². The summed E-state index contributed by atoms with van der Waals surface area (Å²) in [6.45, 7) is 0. The van der Waals surface area contributed by atoms with Gasteiger partial charge in [-0.25, -0.2) is 0 Å². The van der Waals surface area contributed by atoms with Crippen molar-refractivity contribution in [2.24, 2.45) is 0 Å². The molecule has 0 saturated carbocycles. The predicted octanol–water partition coefficient (Wildman–Crippen LogP) is 1.43. The summed E-state index contributed by atoms with van der Waals surface area (Å²) in [5.41, 5.74) is 1.24. The number of rotatable bonds is 2. The number of hydrogen-bond acceptors (Lipinski definition) is 5. The summed E-state index contributed by atoms with van der Waals surface area (Å²) in [4.78, 5) is 14.0. The first-order valence-electron chi connectivity index (χ1n) is 7.09. The molecule has 2 aromatic carbocycles. The summed E-state index contributed by atoms with van der Waals surface area (Å²) in [6.07, 6.45) is 0. The van der Waals surface area contributed by atoms with Gasteiger partial charge in [0.25, 0.3) is 5.91 Å². The fourth-order valence-corrected chi connectivity index (χ4v) is 2.53. The number of anilines is 2. The average Bonchev–Trinajstić information content (AvgIpc) is 2.60. The highest BCUT2D eigenvalue weighted by Crippen LogP contribution is 2.33. The van der Waals surface area contributed by atoms with Crippen LogP contribution in [0.15, 0.2) is 60.3 Å². The van der Waals surface area contributed by atoms with E-state index in [1.54, 1.807) is 62.6 Å². The molecule has 1 aliphatic heterocycles. The lowest BCUT2D eigenvalue weighted by molar-refractivity contribution is -0.250. The number of hydroxylamine groups is 1. The second-order valence-corrected chi connectivity index (χ2v) is 5.21. The Morgan fingerprint density at radius 3 is 2.39 bits per heavy atom. The quantitative estimate of drug-likeness (QED) is 0.909. The normalized spacial score (nSPS) is 13.9. The summed E-state index contributed by atoms with van der Waals surface area (Å²) in [5, 5.41) is 24.9. The zero-order valence-corrected chi connectivity index (χ0v) is 12.8. The van der Waals surface area contributed by atoms with Crippen LogP contribution >= 0.6 is 0 Å². The molecule has 0 fully saturated rings. The predicted molar refractivity (Wildman–Crippen MR) is 85.2 cm³/mol. The molecule has 0 atom stereocenters. The molecule has 0 radical (unpaired) electrons. The Bertz CT molecular complexity index is 774. The van der Waals surface area contributed by atoms with Gasteiger partial charge in [0.1, 0.15) is 5.70 Å². The topological polar surface area (TPSA) is 70.1 Å². The van der Waals surface area contributed by atoms with Crippen LogP contribution < -0.4 is 15.0 Å². The van der Waals surface area contributed by atoms with E-state index in [0.717, 1.165) is 0 Å². The largest absolute Gasteiger partial charge is 0.870 e. The molecule has 0 aliphatic carbocycles. The monoisotopic (exact) mass is 310 g/mol. The van der Waals surface area contributed by atoms with Crippen LogP contribution in [0.2, 0.25) is 0 Å². The van der Waals surface area contributed by atoms with E-state index in [2.05, 4.69) is 0 Å². The van der Waals surface area contributed by atoms with E-state index in [4.69, 9.17) is 0 Å². The minimum atomic E-state index is -0.579. The second kappa shape index (κ2) is 5.66. The highest BCUT2D eigenvalue weighted by Gasteiger charge is 2.30. The fourth-order valence-electron chi connectivity index (χ4n) is 2.53. The molecule has 1 heterocycles. The smallest absolute Gasteiger partial charge is 0.278 e. The van der Waals surface area contributed by atoms with Crippen molar-refractivity contribution in [3.05, 3.63) is 65.9 Å². The highest BCUT2D eigenvalue weighted by atomic mass is 16.6. The average molecular weight is 310 g/mol. The Hall–Kier alpha value is -2.99. The number of nitrogens with zero attached hydrogens (tertiary/aromatic N) is 3. The zero-order valence-electron chi connectivity index (χ0n) is 12.8. The lowest BCUT2D eigenvalue weighted by Gasteiger charge is -2.40. The van der Waals surface area contributed by atoms with Crippen molar-refractivity contribution in [1.82, 2.24) is 5.17 Å². The Morgan fingerprint density at radius 2 is 1.70 bits per heavy atom. The number of hydrogen-bond donors (Lipinski definition) is 1. The van der Waals surface area contributed by atoms with E-state index in [1.807, 2.05) is 6.07 Å². The zero-order chi connectivity index (χ0) is 16.6. The molecular weight excluding hydrogens is 294 g/mol. The van der Waals surface area contributed by atoms with Crippen molar-refractivity contribution >= 4 is 23.0 Å². The van der Waals surface area contributed by atoms with Crippen LogP contribution in [0.4, 0.5) is 11.4 Å². The Labute approximate surface area is 134 Å². The van der Waals surface area contributed by atoms with Crippen LogP contribution in [0.3, 0.4) is 0 Å². The third kappa shape index (κ3) is 2.39. The number of amides is 1. The van der Waals surface area contributed by atoms with Gasteiger partial charge in [0.2, 0.25) is 0 Å². The van der Waals surface area contributed by atoms with E-state index >= 15 is 0 Å². The maximum absolute atomic E-state index is 12.7. The van der Waals surface area contributed by atoms with Gasteiger partial charge in [-0.3, -0.25) is 15.0 Å². The summed E-state index contributed by atoms with van der Waals surface area (Å²) in [7, 11) is 3.15. The molecule has 118 valence electrons. The first kappa shape index (κ1) is 14.9. The first-order chi connectivity index (χ1) is 11.0. The summed E-state index contributed by atoms with van der Waals surface area (Å²) in [6, 6.07) is 15.8. The van der Waals surface area contributed by atoms with Crippen molar-refractivity contribution in [3.63, 3.8) is 0 Å². The number of carbonyl (C=O) groups is 1. The van der Waals surface area contributed by atoms with Crippen LogP contribution in [0.1, 0.15) is 5.56 Å². The van der Waals surface area contributed by atoms with E-state index in [0.29, 0.717) is 22.1 Å². The Kier molecular flexibility index (Phi) is 3.67. The molecule has 2 aromatic rings. The van der Waals surface area contributed by atoms with Gasteiger partial charge in [0.15, 0.2) is 0 Å². The maximum atomic E-state index is 12.7. The van der Waals surface area contributed by atoms with Crippen LogP contribution in [-0.2, 0) is 4.79 Å². The first-order valence-corrected chi connectivity index (χ1v) is 7.09. The minimum absolute atomic E-state index is 0.308. The number of carbonyl (C=O) groups excluding carboxylic acids is 1. The number of likely N-dealkylation sites (N-methyl/N-ethyl adjacent to an activating group) is 1. The van der Waals surface area contributed by atoms with Gasteiger partial charge < -0.3 is 10.0 Å². The Morgan fingerprint density at radius 1 is 1.09 bits per heavy atom.